The summed E-state index contributed by atoms with van der Waals surface area (Å²) in [5, 5.41) is 0. The number of carbonyl (C=O) groups excluding carboxylic acids is 3. The van der Waals surface area contributed by atoms with Crippen molar-refractivity contribution in [2.45, 2.75) is 53.1 Å². The number of esters is 3. The predicted molar refractivity (Wildman–Crippen MR) is 112 cm³/mol. The number of hydrogen-bond acceptors (Lipinski definition) is 6. The van der Waals surface area contributed by atoms with Crippen molar-refractivity contribution in [1.82, 2.24) is 0 Å². The van der Waals surface area contributed by atoms with Gasteiger partial charge in [-0.05, 0) is 91.1 Å². The summed E-state index contributed by atoms with van der Waals surface area (Å²) in [6.45, 7) is 9.38. The fourth-order valence-corrected chi connectivity index (χ4v) is 3.91. The minimum absolute atomic E-state index is 0.00826. The molecule has 1 atom stereocenters. The van der Waals surface area contributed by atoms with E-state index in [0.29, 0.717) is 0 Å². The van der Waals surface area contributed by atoms with Gasteiger partial charge in [-0.1, -0.05) is 0 Å². The summed E-state index contributed by atoms with van der Waals surface area (Å²) in [4.78, 5) is 38.9. The van der Waals surface area contributed by atoms with Crippen LogP contribution in [0.15, 0.2) is 21.1 Å². The zero-order valence-corrected chi connectivity index (χ0v) is 20.4. The molecule has 0 amide bonds. The van der Waals surface area contributed by atoms with Gasteiger partial charge in [0.25, 0.3) is 0 Å². The Balaban J connectivity index is 3.76. The fourth-order valence-electron chi connectivity index (χ4n) is 2.69. The van der Waals surface area contributed by atoms with Gasteiger partial charge in [0.05, 0.1) is 22.2 Å². The van der Waals surface area contributed by atoms with E-state index in [0.717, 1.165) is 0 Å². The molecule has 162 valence electrons. The van der Waals surface area contributed by atoms with Crippen LogP contribution in [0.4, 0.5) is 4.39 Å². The second-order valence-corrected chi connectivity index (χ2v) is 9.12. The van der Waals surface area contributed by atoms with E-state index in [1.807, 2.05) is 0 Å². The second-order valence-electron chi connectivity index (χ2n) is 7.41. The highest BCUT2D eigenvalue weighted by atomic mass is 79.9. The SMILES string of the molecule is CCOC(=O)C(C)(C(=O)OCC)C(C(=O)OC(C)(C)C)c1cc(Br)c(F)c(Br)c1. The van der Waals surface area contributed by atoms with E-state index in [9.17, 15) is 18.8 Å². The second kappa shape index (κ2) is 10.0. The molecule has 9 heteroatoms. The first-order valence-corrected chi connectivity index (χ1v) is 10.6. The summed E-state index contributed by atoms with van der Waals surface area (Å²) in [6, 6.07) is 2.65. The summed E-state index contributed by atoms with van der Waals surface area (Å²) in [5.74, 6) is -4.75. The topological polar surface area (TPSA) is 78.9 Å². The quantitative estimate of drug-likeness (QED) is 0.212. The summed E-state index contributed by atoms with van der Waals surface area (Å²) in [6.07, 6.45) is 0. The van der Waals surface area contributed by atoms with Gasteiger partial charge in [0.1, 0.15) is 11.5 Å². The molecule has 0 saturated heterocycles. The maximum atomic E-state index is 14.1. The Kier molecular flexibility index (Phi) is 8.83. The molecule has 0 heterocycles. The molecule has 0 aliphatic heterocycles. The van der Waals surface area contributed by atoms with Crippen LogP contribution in [0, 0.1) is 11.2 Å². The van der Waals surface area contributed by atoms with Gasteiger partial charge in [-0.15, -0.1) is 0 Å². The standard InChI is InChI=1S/C20H25Br2FO6/c1-7-27-17(25)20(6,18(26)28-8-2)14(16(24)29-19(3,4)5)11-9-12(21)15(23)13(22)10-11/h9-10,14H,7-8H2,1-6H3. The minimum Gasteiger partial charge on any atom is -0.465 e. The molecular weight excluding hydrogens is 515 g/mol. The number of benzene rings is 1. The van der Waals surface area contributed by atoms with Crippen LogP contribution >= 0.6 is 31.9 Å². The van der Waals surface area contributed by atoms with Gasteiger partial charge in [0, 0.05) is 0 Å². The van der Waals surface area contributed by atoms with Crippen molar-refractivity contribution in [3.05, 3.63) is 32.5 Å². The first-order valence-electron chi connectivity index (χ1n) is 9.01. The third-order valence-corrected chi connectivity index (χ3v) is 5.11. The zero-order chi connectivity index (χ0) is 22.6. The maximum Gasteiger partial charge on any atom is 0.324 e. The van der Waals surface area contributed by atoms with Crippen LogP contribution in [-0.4, -0.2) is 36.7 Å². The van der Waals surface area contributed by atoms with Crippen LogP contribution in [0.3, 0.4) is 0 Å². The molecule has 0 N–H and O–H groups in total. The largest absolute Gasteiger partial charge is 0.465 e. The first-order chi connectivity index (χ1) is 13.3. The molecule has 0 aliphatic rings. The molecule has 0 spiro atoms. The van der Waals surface area contributed by atoms with Crippen molar-refractivity contribution < 1.29 is 33.0 Å². The van der Waals surface area contributed by atoms with Crippen LogP contribution in [0.1, 0.15) is 53.0 Å². The highest BCUT2D eigenvalue weighted by Crippen LogP contribution is 2.42. The Morgan fingerprint density at radius 3 is 1.72 bits per heavy atom. The molecule has 1 unspecified atom stereocenters. The van der Waals surface area contributed by atoms with Crippen molar-refractivity contribution >= 4 is 49.8 Å². The van der Waals surface area contributed by atoms with Gasteiger partial charge < -0.3 is 14.2 Å². The molecule has 0 fully saturated rings. The van der Waals surface area contributed by atoms with Crippen LogP contribution in [0.25, 0.3) is 0 Å². The highest BCUT2D eigenvalue weighted by molar-refractivity contribution is 9.11. The number of hydrogen-bond donors (Lipinski definition) is 0. The van der Waals surface area contributed by atoms with Crippen LogP contribution in [0.5, 0.6) is 0 Å². The first kappa shape index (κ1) is 25.6. The van der Waals surface area contributed by atoms with Crippen molar-refractivity contribution in [2.75, 3.05) is 13.2 Å². The number of ether oxygens (including phenoxy) is 3. The van der Waals surface area contributed by atoms with E-state index in [2.05, 4.69) is 31.9 Å². The summed E-state index contributed by atoms with van der Waals surface area (Å²) in [5.41, 5.74) is -2.76. The molecule has 0 bridgehead atoms. The molecule has 1 aromatic rings. The molecule has 0 radical (unpaired) electrons. The van der Waals surface area contributed by atoms with Gasteiger partial charge in [0.2, 0.25) is 0 Å². The average Bonchev–Trinajstić information content (AvgIpc) is 2.58. The molecule has 1 aromatic carbocycles. The monoisotopic (exact) mass is 538 g/mol. The molecule has 29 heavy (non-hydrogen) atoms. The maximum absolute atomic E-state index is 14.1. The fraction of sp³-hybridized carbons (Fsp3) is 0.550. The van der Waals surface area contributed by atoms with E-state index < -0.39 is 40.7 Å². The van der Waals surface area contributed by atoms with Crippen LogP contribution in [0.2, 0.25) is 0 Å². The van der Waals surface area contributed by atoms with Gasteiger partial charge in [-0.2, -0.15) is 0 Å². The van der Waals surface area contributed by atoms with Gasteiger partial charge >= 0.3 is 17.9 Å². The van der Waals surface area contributed by atoms with E-state index in [1.165, 1.54) is 19.1 Å². The molecule has 0 aliphatic carbocycles. The molecule has 0 saturated carbocycles. The van der Waals surface area contributed by atoms with Gasteiger partial charge in [0.15, 0.2) is 11.2 Å². The van der Waals surface area contributed by atoms with E-state index in [1.54, 1.807) is 34.6 Å². The summed E-state index contributed by atoms with van der Waals surface area (Å²) >= 11 is 6.18. The van der Waals surface area contributed by atoms with Crippen molar-refractivity contribution in [3.8, 4) is 0 Å². The Morgan fingerprint density at radius 1 is 0.966 bits per heavy atom. The minimum atomic E-state index is -2.05. The smallest absolute Gasteiger partial charge is 0.324 e. The Hall–Kier alpha value is -1.48. The van der Waals surface area contributed by atoms with Crippen LogP contribution < -0.4 is 0 Å². The third kappa shape index (κ3) is 6.01. The lowest BCUT2D eigenvalue weighted by Gasteiger charge is -2.34. The molecular formula is C20H25Br2FO6. The number of carbonyl (C=O) groups is 3. The Morgan fingerprint density at radius 2 is 1.38 bits per heavy atom. The lowest BCUT2D eigenvalue weighted by atomic mass is 9.73. The van der Waals surface area contributed by atoms with Gasteiger partial charge in [-0.3, -0.25) is 14.4 Å². The lowest BCUT2D eigenvalue weighted by Crippen LogP contribution is -2.48. The molecule has 0 aromatic heterocycles. The molecule has 1 rings (SSSR count). The molecule has 6 nitrogen and oxygen atoms in total. The number of halogens is 3. The van der Waals surface area contributed by atoms with E-state index in [4.69, 9.17) is 14.2 Å². The van der Waals surface area contributed by atoms with Crippen LogP contribution in [-0.2, 0) is 28.6 Å². The average molecular weight is 540 g/mol. The predicted octanol–water partition coefficient (Wildman–Crippen LogP) is 4.91. The Labute approximate surface area is 186 Å². The normalized spacial score (nSPS) is 12.9. The highest BCUT2D eigenvalue weighted by Gasteiger charge is 2.56. The summed E-state index contributed by atoms with van der Waals surface area (Å²) in [7, 11) is 0. The lowest BCUT2D eigenvalue weighted by molar-refractivity contribution is -0.181. The van der Waals surface area contributed by atoms with Crippen molar-refractivity contribution in [2.24, 2.45) is 5.41 Å². The van der Waals surface area contributed by atoms with Crippen molar-refractivity contribution in [1.29, 1.82) is 0 Å². The van der Waals surface area contributed by atoms with E-state index in [-0.39, 0.29) is 27.7 Å². The number of rotatable bonds is 7. The summed E-state index contributed by atoms with van der Waals surface area (Å²) < 4.78 is 29.9. The Bertz CT molecular complexity index is 747. The third-order valence-electron chi connectivity index (χ3n) is 3.96. The zero-order valence-electron chi connectivity index (χ0n) is 17.2. The van der Waals surface area contributed by atoms with Gasteiger partial charge in [-0.25, -0.2) is 4.39 Å². The van der Waals surface area contributed by atoms with E-state index >= 15 is 0 Å². The van der Waals surface area contributed by atoms with Crippen molar-refractivity contribution in [3.63, 3.8) is 0 Å².